The molecular weight excluding hydrogens is 176 g/mol. The molecule has 1 atom stereocenters. The molecule has 0 aromatic heterocycles. The second kappa shape index (κ2) is 3.97. The van der Waals surface area contributed by atoms with E-state index in [0.717, 1.165) is 5.56 Å². The van der Waals surface area contributed by atoms with Crippen molar-refractivity contribution < 1.29 is 9.53 Å². The number of terminal acetylenes is 1. The van der Waals surface area contributed by atoms with E-state index in [0.29, 0.717) is 0 Å². The van der Waals surface area contributed by atoms with Crippen molar-refractivity contribution in [2.24, 2.45) is 0 Å². The maximum Gasteiger partial charge on any atom is 0.304 e. The average molecular weight is 188 g/mol. The fourth-order valence-corrected chi connectivity index (χ4v) is 1.22. The molecule has 0 bridgehead atoms. The number of benzene rings is 1. The van der Waals surface area contributed by atoms with Crippen LogP contribution in [0, 0.1) is 12.3 Å². The van der Waals surface area contributed by atoms with Crippen LogP contribution >= 0.6 is 0 Å². The SMILES string of the molecule is C#CC(C)(OC(C)=O)c1ccccc1. The van der Waals surface area contributed by atoms with E-state index in [9.17, 15) is 4.79 Å². The lowest BCUT2D eigenvalue weighted by Crippen LogP contribution is -2.26. The first-order valence-corrected chi connectivity index (χ1v) is 4.31. The van der Waals surface area contributed by atoms with Crippen molar-refractivity contribution in [1.29, 1.82) is 0 Å². The fraction of sp³-hybridized carbons (Fsp3) is 0.250. The van der Waals surface area contributed by atoms with Crippen LogP contribution in [0.4, 0.5) is 0 Å². The first-order chi connectivity index (χ1) is 6.58. The van der Waals surface area contributed by atoms with Gasteiger partial charge in [-0.25, -0.2) is 0 Å². The van der Waals surface area contributed by atoms with Crippen molar-refractivity contribution in [3.8, 4) is 12.3 Å². The predicted molar refractivity (Wildman–Crippen MR) is 54.4 cm³/mol. The predicted octanol–water partition coefficient (Wildman–Crippen LogP) is 2.10. The Kier molecular flexibility index (Phi) is 2.93. The van der Waals surface area contributed by atoms with Gasteiger partial charge in [-0.05, 0) is 6.92 Å². The Morgan fingerprint density at radius 1 is 1.43 bits per heavy atom. The van der Waals surface area contributed by atoms with Crippen molar-refractivity contribution in [1.82, 2.24) is 0 Å². The molecule has 0 heterocycles. The molecule has 0 N–H and O–H groups in total. The molecule has 0 aliphatic rings. The zero-order chi connectivity index (χ0) is 10.6. The first kappa shape index (κ1) is 10.3. The van der Waals surface area contributed by atoms with Crippen LogP contribution in [0.3, 0.4) is 0 Å². The van der Waals surface area contributed by atoms with Gasteiger partial charge in [-0.15, -0.1) is 6.42 Å². The third-order valence-corrected chi connectivity index (χ3v) is 1.95. The Morgan fingerprint density at radius 3 is 2.43 bits per heavy atom. The topological polar surface area (TPSA) is 26.3 Å². The highest BCUT2D eigenvalue weighted by atomic mass is 16.6. The summed E-state index contributed by atoms with van der Waals surface area (Å²) in [7, 11) is 0. The second-order valence-corrected chi connectivity index (χ2v) is 3.14. The molecule has 0 amide bonds. The molecule has 72 valence electrons. The van der Waals surface area contributed by atoms with E-state index >= 15 is 0 Å². The van der Waals surface area contributed by atoms with Gasteiger partial charge in [0.05, 0.1) is 0 Å². The molecule has 0 radical (unpaired) electrons. The minimum atomic E-state index is -0.965. The highest BCUT2D eigenvalue weighted by molar-refractivity contribution is 5.67. The molecule has 1 unspecified atom stereocenters. The van der Waals surface area contributed by atoms with Gasteiger partial charge in [0.1, 0.15) is 0 Å². The molecule has 14 heavy (non-hydrogen) atoms. The molecule has 1 aromatic rings. The average Bonchev–Trinajstić information content (AvgIpc) is 2.18. The van der Waals surface area contributed by atoms with Crippen LogP contribution in [0.25, 0.3) is 0 Å². The Hall–Kier alpha value is -1.75. The van der Waals surface area contributed by atoms with Gasteiger partial charge in [-0.1, -0.05) is 36.3 Å². The third-order valence-electron chi connectivity index (χ3n) is 1.95. The maximum absolute atomic E-state index is 10.9. The first-order valence-electron chi connectivity index (χ1n) is 4.31. The molecule has 0 fully saturated rings. The molecule has 2 nitrogen and oxygen atoms in total. The van der Waals surface area contributed by atoms with Crippen molar-refractivity contribution >= 4 is 5.97 Å². The lowest BCUT2D eigenvalue weighted by Gasteiger charge is -2.23. The lowest BCUT2D eigenvalue weighted by atomic mass is 9.97. The number of hydrogen-bond donors (Lipinski definition) is 0. The summed E-state index contributed by atoms with van der Waals surface area (Å²) in [6.07, 6.45) is 5.36. The van der Waals surface area contributed by atoms with Crippen LogP contribution in [-0.4, -0.2) is 5.97 Å². The zero-order valence-electron chi connectivity index (χ0n) is 8.28. The van der Waals surface area contributed by atoms with E-state index in [1.54, 1.807) is 6.92 Å². The summed E-state index contributed by atoms with van der Waals surface area (Å²) in [5.74, 6) is 2.10. The van der Waals surface area contributed by atoms with E-state index in [1.165, 1.54) is 6.92 Å². The standard InChI is InChI=1S/C12H12O2/c1-4-12(3,14-10(2)13)11-8-6-5-7-9-11/h1,5-9H,2-3H3. The normalized spacial score (nSPS) is 13.8. The van der Waals surface area contributed by atoms with Gasteiger partial charge in [-0.3, -0.25) is 4.79 Å². The summed E-state index contributed by atoms with van der Waals surface area (Å²) in [5, 5.41) is 0. The summed E-state index contributed by atoms with van der Waals surface area (Å²) >= 11 is 0. The fourth-order valence-electron chi connectivity index (χ4n) is 1.22. The lowest BCUT2D eigenvalue weighted by molar-refractivity contribution is -0.151. The van der Waals surface area contributed by atoms with Crippen molar-refractivity contribution in [2.75, 3.05) is 0 Å². The van der Waals surface area contributed by atoms with Crippen LogP contribution in [0.2, 0.25) is 0 Å². The van der Waals surface area contributed by atoms with Crippen molar-refractivity contribution in [3.63, 3.8) is 0 Å². The Morgan fingerprint density at radius 2 is 2.00 bits per heavy atom. The number of esters is 1. The van der Waals surface area contributed by atoms with Crippen LogP contribution in [-0.2, 0) is 15.1 Å². The second-order valence-electron chi connectivity index (χ2n) is 3.14. The highest BCUT2D eigenvalue weighted by Gasteiger charge is 2.26. The molecule has 0 spiro atoms. The van der Waals surface area contributed by atoms with Gasteiger partial charge >= 0.3 is 5.97 Å². The van der Waals surface area contributed by atoms with Crippen LogP contribution < -0.4 is 0 Å². The Balaban J connectivity index is 3.03. The van der Waals surface area contributed by atoms with Crippen molar-refractivity contribution in [2.45, 2.75) is 19.4 Å². The van der Waals surface area contributed by atoms with E-state index in [4.69, 9.17) is 11.2 Å². The van der Waals surface area contributed by atoms with Crippen LogP contribution in [0.5, 0.6) is 0 Å². The minimum Gasteiger partial charge on any atom is -0.442 e. The number of carbonyl (C=O) groups is 1. The summed E-state index contributed by atoms with van der Waals surface area (Å²) in [6, 6.07) is 9.27. The summed E-state index contributed by atoms with van der Waals surface area (Å²) in [6.45, 7) is 3.04. The van der Waals surface area contributed by atoms with E-state index in [1.807, 2.05) is 30.3 Å². The number of ether oxygens (including phenoxy) is 1. The monoisotopic (exact) mass is 188 g/mol. The summed E-state index contributed by atoms with van der Waals surface area (Å²) in [5.41, 5.74) is -0.162. The smallest absolute Gasteiger partial charge is 0.304 e. The van der Waals surface area contributed by atoms with E-state index in [2.05, 4.69) is 5.92 Å². The van der Waals surface area contributed by atoms with Gasteiger partial charge in [0.2, 0.25) is 0 Å². The van der Waals surface area contributed by atoms with E-state index < -0.39 is 5.60 Å². The van der Waals surface area contributed by atoms with Gasteiger partial charge in [0.15, 0.2) is 5.60 Å². The van der Waals surface area contributed by atoms with E-state index in [-0.39, 0.29) is 5.97 Å². The Bertz CT molecular complexity index is 362. The Labute approximate surface area is 83.9 Å². The summed E-state index contributed by atoms with van der Waals surface area (Å²) < 4.78 is 5.10. The molecule has 1 aromatic carbocycles. The zero-order valence-corrected chi connectivity index (χ0v) is 8.28. The molecule has 0 aliphatic carbocycles. The molecule has 0 saturated heterocycles. The largest absolute Gasteiger partial charge is 0.442 e. The van der Waals surface area contributed by atoms with Gasteiger partial charge in [-0.2, -0.15) is 0 Å². The molecular formula is C12H12O2. The van der Waals surface area contributed by atoms with Gasteiger partial charge < -0.3 is 4.74 Å². The minimum absolute atomic E-state index is 0.380. The highest BCUT2D eigenvalue weighted by Crippen LogP contribution is 2.24. The summed E-state index contributed by atoms with van der Waals surface area (Å²) in [4.78, 5) is 10.9. The molecule has 1 rings (SSSR count). The van der Waals surface area contributed by atoms with Crippen LogP contribution in [0.15, 0.2) is 30.3 Å². The van der Waals surface area contributed by atoms with Crippen LogP contribution in [0.1, 0.15) is 19.4 Å². The van der Waals surface area contributed by atoms with Crippen molar-refractivity contribution in [3.05, 3.63) is 35.9 Å². The number of hydrogen-bond acceptors (Lipinski definition) is 2. The van der Waals surface area contributed by atoms with Gasteiger partial charge in [0, 0.05) is 12.5 Å². The number of rotatable bonds is 2. The third kappa shape index (κ3) is 2.14. The van der Waals surface area contributed by atoms with Gasteiger partial charge in [0.25, 0.3) is 0 Å². The quantitative estimate of drug-likeness (QED) is 0.524. The maximum atomic E-state index is 10.9. The molecule has 2 heteroatoms. The molecule has 0 saturated carbocycles. The molecule has 0 aliphatic heterocycles. The number of carbonyl (C=O) groups excluding carboxylic acids is 1.